The molecule has 28 heavy (non-hydrogen) atoms. The van der Waals surface area contributed by atoms with Crippen molar-refractivity contribution in [1.82, 2.24) is 4.98 Å². The Hall–Kier alpha value is -0.320. The maximum absolute atomic E-state index is 10.7. The molecule has 0 aliphatic rings. The molecular formula is C22H28Cl3NOTa-. The molecule has 0 fully saturated rings. The van der Waals surface area contributed by atoms with Gasteiger partial charge in [-0.2, -0.15) is 5.57 Å². The molecule has 2 nitrogen and oxygen atoms in total. The first-order valence-corrected chi connectivity index (χ1v) is 21.5. The van der Waals surface area contributed by atoms with Gasteiger partial charge in [0.2, 0.25) is 0 Å². The number of unbranched alkanes of at least 4 members (excludes halogenated alkanes) is 4. The third kappa shape index (κ3) is 12.3. The molecule has 6 heteroatoms. The molecule has 1 atom stereocenters. The van der Waals surface area contributed by atoms with Crippen LogP contribution in [0.2, 0.25) is 0 Å². The van der Waals surface area contributed by atoms with Crippen LogP contribution >= 0.6 is 27.6 Å². The zero-order chi connectivity index (χ0) is 20.6. The first-order valence-electron chi connectivity index (χ1n) is 9.56. The summed E-state index contributed by atoms with van der Waals surface area (Å²) in [5.41, 5.74) is 2.94. The number of halogens is 3. The number of hydrogen-bond acceptors (Lipinski definition) is 2. The van der Waals surface area contributed by atoms with Gasteiger partial charge in [-0.15, -0.1) is 12.5 Å². The first kappa shape index (κ1) is 25.7. The molecule has 0 saturated carbocycles. The summed E-state index contributed by atoms with van der Waals surface area (Å²) in [5, 5.41) is 10.7. The molecule has 2 aromatic rings. The average molecular weight is 610 g/mol. The van der Waals surface area contributed by atoms with Crippen molar-refractivity contribution in [3.05, 3.63) is 72.1 Å². The zero-order valence-electron chi connectivity index (χ0n) is 16.2. The van der Waals surface area contributed by atoms with Crippen molar-refractivity contribution in [1.29, 1.82) is 0 Å². The van der Waals surface area contributed by atoms with E-state index in [1.807, 2.05) is 36.4 Å². The van der Waals surface area contributed by atoms with Crippen molar-refractivity contribution < 1.29 is 20.3 Å². The summed E-state index contributed by atoms with van der Waals surface area (Å²) in [6.07, 6.45) is 12.0. The Morgan fingerprint density at radius 2 is 1.71 bits per heavy atom. The number of aliphatic hydroxyl groups excluding tert-OH is 1. The van der Waals surface area contributed by atoms with Gasteiger partial charge in [0.05, 0.1) is 0 Å². The van der Waals surface area contributed by atoms with Crippen LogP contribution < -0.4 is 0 Å². The predicted octanol–water partition coefficient (Wildman–Crippen LogP) is 7.30. The maximum atomic E-state index is 10.7. The molecular weight excluding hydrogens is 582 g/mol. The van der Waals surface area contributed by atoms with Gasteiger partial charge in [0.25, 0.3) is 0 Å². The van der Waals surface area contributed by atoms with E-state index in [0.717, 1.165) is 30.5 Å². The van der Waals surface area contributed by atoms with E-state index in [9.17, 15) is 5.11 Å². The number of aliphatic hydroxyl groups is 1. The molecule has 2 rings (SSSR count). The summed E-state index contributed by atoms with van der Waals surface area (Å²) in [6, 6.07) is 16.1. The second kappa shape index (κ2) is 16.5. The van der Waals surface area contributed by atoms with Crippen molar-refractivity contribution in [2.45, 2.75) is 58.0 Å². The summed E-state index contributed by atoms with van der Waals surface area (Å²) in [6.45, 7) is 2.21. The van der Waals surface area contributed by atoms with E-state index >= 15 is 0 Å². The number of nitrogens with zero attached hydrogens (tertiary/aromatic N) is 1. The Labute approximate surface area is 187 Å². The average Bonchev–Trinajstić information content (AvgIpc) is 2.70. The van der Waals surface area contributed by atoms with E-state index in [1.54, 1.807) is 6.20 Å². The van der Waals surface area contributed by atoms with E-state index < -0.39 is 21.3 Å². The molecule has 0 amide bonds. The molecule has 0 saturated heterocycles. The molecule has 1 unspecified atom stereocenters. The van der Waals surface area contributed by atoms with Gasteiger partial charge >= 0.3 is 42.8 Å². The Kier molecular flexibility index (Phi) is 15.1. The minimum atomic E-state index is -2.18. The van der Waals surface area contributed by atoms with Crippen molar-refractivity contribution in [3.8, 4) is 0 Å². The Balaban J connectivity index is 0.000000892. The third-order valence-electron chi connectivity index (χ3n) is 4.17. The van der Waals surface area contributed by atoms with Gasteiger partial charge in [0, 0.05) is 12.3 Å². The molecule has 1 aromatic heterocycles. The second-order valence-corrected chi connectivity index (χ2v) is 20.3. The van der Waals surface area contributed by atoms with Crippen molar-refractivity contribution in [3.63, 3.8) is 0 Å². The van der Waals surface area contributed by atoms with Crippen molar-refractivity contribution >= 4 is 33.1 Å². The SMILES string of the molecule is CCCCCC[C-]=C(c1ccccn1)C(O)CCc1ccccc1.[Cl][Ta]([Cl])[Cl]. The molecule has 1 heterocycles. The number of pyridine rings is 1. The van der Waals surface area contributed by atoms with E-state index in [4.69, 9.17) is 27.6 Å². The Bertz CT molecular complexity index is 651. The third-order valence-corrected chi connectivity index (χ3v) is 4.17. The summed E-state index contributed by atoms with van der Waals surface area (Å²) in [7, 11) is 15.0. The molecule has 0 spiro atoms. The van der Waals surface area contributed by atoms with Gasteiger partial charge < -0.3 is 10.1 Å². The summed E-state index contributed by atoms with van der Waals surface area (Å²) >= 11 is -2.18. The number of benzene rings is 1. The van der Waals surface area contributed by atoms with Crippen LogP contribution in [0.1, 0.15) is 56.7 Å². The monoisotopic (exact) mass is 608 g/mol. The number of rotatable bonds is 10. The van der Waals surface area contributed by atoms with Crippen LogP contribution in [-0.2, 0) is 21.6 Å². The molecule has 154 valence electrons. The van der Waals surface area contributed by atoms with Gasteiger partial charge in [-0.25, -0.2) is 0 Å². The predicted molar refractivity (Wildman–Crippen MR) is 118 cm³/mol. The van der Waals surface area contributed by atoms with Crippen molar-refractivity contribution in [2.24, 2.45) is 0 Å². The number of allylic oxidation sites excluding steroid dienone is 1. The van der Waals surface area contributed by atoms with Crippen LogP contribution in [0.15, 0.2) is 54.7 Å². The zero-order valence-corrected chi connectivity index (χ0v) is 21.7. The molecule has 0 aliphatic carbocycles. The minimum absolute atomic E-state index is 0.522. The fraction of sp³-hybridized carbons (Fsp3) is 0.409. The molecule has 0 bridgehead atoms. The normalized spacial score (nSPS) is 12.4. The van der Waals surface area contributed by atoms with Gasteiger partial charge in [-0.05, 0) is 24.5 Å². The topological polar surface area (TPSA) is 33.1 Å². The van der Waals surface area contributed by atoms with E-state index in [2.05, 4.69) is 30.1 Å². The quantitative estimate of drug-likeness (QED) is 0.227. The van der Waals surface area contributed by atoms with Gasteiger partial charge in [-0.1, -0.05) is 74.7 Å². The van der Waals surface area contributed by atoms with Crippen LogP contribution in [-0.4, -0.2) is 16.2 Å². The van der Waals surface area contributed by atoms with Gasteiger partial charge in [0.1, 0.15) is 0 Å². The van der Waals surface area contributed by atoms with Crippen molar-refractivity contribution in [2.75, 3.05) is 0 Å². The van der Waals surface area contributed by atoms with Crippen LogP contribution in [0, 0.1) is 6.08 Å². The van der Waals surface area contributed by atoms with E-state index in [0.29, 0.717) is 6.42 Å². The molecule has 0 radical (unpaired) electrons. The standard InChI is InChI=1S/C22H28NO.3ClH.Ta/c1-2-3-4-5-9-14-20(21-15-10-11-18-23-21)22(24)17-16-19-12-7-6-8-13-19;;;;/h6-8,10-13,15,18,22,24H,2-5,9,16-17H2,1H3;3*1H;/q-1;;;;+3/p-3. The van der Waals surface area contributed by atoms with E-state index in [1.165, 1.54) is 24.8 Å². The van der Waals surface area contributed by atoms with Crippen LogP contribution in [0.4, 0.5) is 0 Å². The van der Waals surface area contributed by atoms with Crippen LogP contribution in [0.5, 0.6) is 0 Å². The van der Waals surface area contributed by atoms with Gasteiger partial charge in [0.15, 0.2) is 0 Å². The van der Waals surface area contributed by atoms with Crippen LogP contribution in [0.3, 0.4) is 0 Å². The van der Waals surface area contributed by atoms with E-state index in [-0.39, 0.29) is 0 Å². The number of aryl methyl sites for hydroxylation is 1. The first-order chi connectivity index (χ1) is 13.5. The Morgan fingerprint density at radius 1 is 1.04 bits per heavy atom. The fourth-order valence-electron chi connectivity index (χ4n) is 2.77. The summed E-state index contributed by atoms with van der Waals surface area (Å²) in [4.78, 5) is 4.41. The van der Waals surface area contributed by atoms with Crippen LogP contribution in [0.25, 0.3) is 5.57 Å². The Morgan fingerprint density at radius 3 is 2.32 bits per heavy atom. The molecule has 0 aliphatic heterocycles. The molecule has 1 aromatic carbocycles. The molecule has 1 N–H and O–H groups in total. The second-order valence-electron chi connectivity index (χ2n) is 6.35. The number of hydrogen-bond donors (Lipinski definition) is 1. The number of aromatic nitrogens is 1. The van der Waals surface area contributed by atoms with Gasteiger partial charge in [-0.3, -0.25) is 6.08 Å². The summed E-state index contributed by atoms with van der Waals surface area (Å²) < 4.78 is 0. The summed E-state index contributed by atoms with van der Waals surface area (Å²) in [5.74, 6) is 0. The fourth-order valence-corrected chi connectivity index (χ4v) is 2.77.